The molecule has 0 radical (unpaired) electrons. The van der Waals surface area contributed by atoms with Crippen LogP contribution in [0.3, 0.4) is 0 Å². The van der Waals surface area contributed by atoms with Crippen molar-refractivity contribution in [2.75, 3.05) is 13.6 Å². The second-order valence-electron chi connectivity index (χ2n) is 5.94. The first kappa shape index (κ1) is 16.1. The van der Waals surface area contributed by atoms with Crippen molar-refractivity contribution in [1.29, 1.82) is 0 Å². The highest BCUT2D eigenvalue weighted by Gasteiger charge is 2.33. The van der Waals surface area contributed by atoms with E-state index in [1.54, 1.807) is 0 Å². The van der Waals surface area contributed by atoms with Crippen LogP contribution in [0.2, 0.25) is 0 Å². The summed E-state index contributed by atoms with van der Waals surface area (Å²) in [5.74, 6) is 0.404. The molecular weight excluding hydrogens is 299 g/mol. The molecule has 0 saturated heterocycles. The zero-order valence-corrected chi connectivity index (χ0v) is 14.9. The van der Waals surface area contributed by atoms with Gasteiger partial charge in [0.15, 0.2) is 0 Å². The van der Waals surface area contributed by atoms with Crippen molar-refractivity contribution in [1.82, 2.24) is 9.80 Å². The molecule has 1 aliphatic rings. The third-order valence-electron chi connectivity index (χ3n) is 4.22. The molecular formula is C20H25N2P. The molecule has 1 atom stereocenters. The van der Waals surface area contributed by atoms with Crippen molar-refractivity contribution < 1.29 is 0 Å². The van der Waals surface area contributed by atoms with Gasteiger partial charge in [0.1, 0.15) is 5.91 Å². The van der Waals surface area contributed by atoms with Gasteiger partial charge in [0.25, 0.3) is 0 Å². The highest BCUT2D eigenvalue weighted by molar-refractivity contribution is 7.73. The van der Waals surface area contributed by atoms with Crippen molar-refractivity contribution in [2.45, 2.75) is 25.7 Å². The maximum atomic E-state index is 2.52. The maximum Gasteiger partial charge on any atom is 0.128 e. The SMILES string of the molecule is CCCCN1C=CN(C)C1P(c1ccccc1)c1ccccc1. The van der Waals surface area contributed by atoms with Crippen LogP contribution in [0.4, 0.5) is 0 Å². The largest absolute Gasteiger partial charge is 0.355 e. The molecule has 0 aromatic heterocycles. The Labute approximate surface area is 141 Å². The summed E-state index contributed by atoms with van der Waals surface area (Å²) in [6.07, 6.45) is 6.96. The average Bonchev–Trinajstić information content (AvgIpc) is 2.96. The minimum atomic E-state index is -0.458. The van der Waals surface area contributed by atoms with E-state index in [4.69, 9.17) is 0 Å². The van der Waals surface area contributed by atoms with Gasteiger partial charge in [0.2, 0.25) is 0 Å². The molecule has 2 aromatic rings. The highest BCUT2D eigenvalue weighted by Crippen LogP contribution is 2.44. The van der Waals surface area contributed by atoms with Crippen LogP contribution in [-0.2, 0) is 0 Å². The maximum absolute atomic E-state index is 2.52. The fraction of sp³-hybridized carbons (Fsp3) is 0.300. The van der Waals surface area contributed by atoms with Gasteiger partial charge in [0, 0.05) is 33.9 Å². The molecule has 0 N–H and O–H groups in total. The van der Waals surface area contributed by atoms with E-state index in [1.165, 1.54) is 23.5 Å². The lowest BCUT2D eigenvalue weighted by molar-refractivity contribution is 0.255. The van der Waals surface area contributed by atoms with Gasteiger partial charge in [-0.1, -0.05) is 74.0 Å². The Hall–Kier alpha value is -1.79. The summed E-state index contributed by atoms with van der Waals surface area (Å²) in [4.78, 5) is 4.90. The Kier molecular flexibility index (Phi) is 5.35. The van der Waals surface area contributed by atoms with Crippen LogP contribution in [0.25, 0.3) is 0 Å². The second kappa shape index (κ2) is 7.66. The summed E-state index contributed by atoms with van der Waals surface area (Å²) in [6.45, 7) is 3.39. The number of unbranched alkanes of at least 4 members (excludes halogenated alkanes) is 1. The molecule has 3 rings (SSSR count). The minimum Gasteiger partial charge on any atom is -0.355 e. The predicted octanol–water partition coefficient (Wildman–Crippen LogP) is 3.92. The van der Waals surface area contributed by atoms with Gasteiger partial charge in [-0.2, -0.15) is 0 Å². The first-order valence-electron chi connectivity index (χ1n) is 8.36. The van der Waals surface area contributed by atoms with Crippen molar-refractivity contribution in [3.8, 4) is 0 Å². The van der Waals surface area contributed by atoms with Gasteiger partial charge in [-0.15, -0.1) is 0 Å². The Morgan fingerprint density at radius 1 is 0.870 bits per heavy atom. The molecule has 0 fully saturated rings. The van der Waals surface area contributed by atoms with Gasteiger partial charge in [-0.05, 0) is 17.0 Å². The normalized spacial score (nSPS) is 17.3. The number of nitrogens with zero attached hydrogens (tertiary/aromatic N) is 2. The number of benzene rings is 2. The van der Waals surface area contributed by atoms with Crippen molar-refractivity contribution in [2.24, 2.45) is 0 Å². The standard InChI is InChI=1S/C20H25N2P/c1-3-4-15-22-17-16-21(2)20(22)23(18-11-7-5-8-12-18)19-13-9-6-10-14-19/h5-14,16-17,20H,3-4,15H2,1-2H3. The number of hydrogen-bond acceptors (Lipinski definition) is 2. The molecule has 0 aliphatic carbocycles. The Bertz CT molecular complexity index is 587. The Morgan fingerprint density at radius 3 is 1.96 bits per heavy atom. The van der Waals surface area contributed by atoms with Crippen molar-refractivity contribution in [3.63, 3.8) is 0 Å². The monoisotopic (exact) mass is 324 g/mol. The molecule has 1 aliphatic heterocycles. The molecule has 1 unspecified atom stereocenters. The van der Waals surface area contributed by atoms with Crippen LogP contribution in [0.15, 0.2) is 73.1 Å². The van der Waals surface area contributed by atoms with Crippen LogP contribution in [0.1, 0.15) is 19.8 Å². The summed E-state index contributed by atoms with van der Waals surface area (Å²) >= 11 is 0. The van der Waals surface area contributed by atoms with Crippen molar-refractivity contribution in [3.05, 3.63) is 73.1 Å². The van der Waals surface area contributed by atoms with E-state index in [9.17, 15) is 0 Å². The fourth-order valence-electron chi connectivity index (χ4n) is 3.03. The molecule has 23 heavy (non-hydrogen) atoms. The molecule has 0 bridgehead atoms. The van der Waals surface area contributed by atoms with Gasteiger partial charge in [-0.3, -0.25) is 0 Å². The summed E-state index contributed by atoms with van der Waals surface area (Å²) in [5, 5.41) is 2.88. The lowest BCUT2D eigenvalue weighted by Crippen LogP contribution is -2.40. The third-order valence-corrected chi connectivity index (χ3v) is 7.06. The molecule has 0 spiro atoms. The number of rotatable bonds is 6. The smallest absolute Gasteiger partial charge is 0.128 e. The van der Waals surface area contributed by atoms with E-state index in [0.717, 1.165) is 6.54 Å². The molecule has 2 aromatic carbocycles. The van der Waals surface area contributed by atoms with Crippen molar-refractivity contribution >= 4 is 18.5 Å². The zero-order chi connectivity index (χ0) is 16.1. The Balaban J connectivity index is 1.98. The first-order chi connectivity index (χ1) is 11.3. The third kappa shape index (κ3) is 3.59. The molecule has 2 nitrogen and oxygen atoms in total. The van der Waals surface area contributed by atoms with Crippen LogP contribution >= 0.6 is 7.92 Å². The predicted molar refractivity (Wildman–Crippen MR) is 101 cm³/mol. The van der Waals surface area contributed by atoms with Gasteiger partial charge < -0.3 is 9.80 Å². The van der Waals surface area contributed by atoms with E-state index in [2.05, 4.69) is 96.8 Å². The van der Waals surface area contributed by atoms with Gasteiger partial charge >= 0.3 is 0 Å². The summed E-state index contributed by atoms with van der Waals surface area (Å²) in [6, 6.07) is 22.0. The van der Waals surface area contributed by atoms with Gasteiger partial charge in [-0.25, -0.2) is 0 Å². The topological polar surface area (TPSA) is 6.48 Å². The minimum absolute atomic E-state index is 0.404. The van der Waals surface area contributed by atoms with E-state index in [1.807, 2.05) is 0 Å². The lowest BCUT2D eigenvalue weighted by atomic mass is 10.3. The molecule has 0 amide bonds. The molecule has 0 saturated carbocycles. The summed E-state index contributed by atoms with van der Waals surface area (Å²) in [7, 11) is 1.74. The number of hydrogen-bond donors (Lipinski definition) is 0. The van der Waals surface area contributed by atoms with Crippen LogP contribution in [0.5, 0.6) is 0 Å². The lowest BCUT2D eigenvalue weighted by Gasteiger charge is -2.37. The Morgan fingerprint density at radius 2 is 1.43 bits per heavy atom. The average molecular weight is 324 g/mol. The van der Waals surface area contributed by atoms with E-state index in [-0.39, 0.29) is 0 Å². The van der Waals surface area contributed by atoms with E-state index < -0.39 is 7.92 Å². The first-order valence-corrected chi connectivity index (χ1v) is 9.77. The van der Waals surface area contributed by atoms with Crippen LogP contribution in [-0.4, -0.2) is 29.3 Å². The fourth-order valence-corrected chi connectivity index (χ4v) is 5.78. The molecule has 120 valence electrons. The molecule has 1 heterocycles. The zero-order valence-electron chi connectivity index (χ0n) is 14.0. The second-order valence-corrected chi connectivity index (χ2v) is 8.18. The highest BCUT2D eigenvalue weighted by atomic mass is 31.1. The van der Waals surface area contributed by atoms with Gasteiger partial charge in [0.05, 0.1) is 0 Å². The summed E-state index contributed by atoms with van der Waals surface area (Å²) < 4.78 is 0. The van der Waals surface area contributed by atoms with E-state index >= 15 is 0 Å². The van der Waals surface area contributed by atoms with E-state index in [0.29, 0.717) is 5.91 Å². The van der Waals surface area contributed by atoms with Crippen LogP contribution in [0, 0.1) is 0 Å². The molecule has 3 heteroatoms. The quantitative estimate of drug-likeness (QED) is 0.743. The van der Waals surface area contributed by atoms with Crippen LogP contribution < -0.4 is 10.6 Å². The summed E-state index contributed by atoms with van der Waals surface area (Å²) in [5.41, 5.74) is 0.